The second-order valence-corrected chi connectivity index (χ2v) is 3.60. The van der Waals surface area contributed by atoms with Gasteiger partial charge in [-0.2, -0.15) is 20.3 Å². The molecule has 3 N–H and O–H groups in total. The van der Waals surface area contributed by atoms with Crippen LogP contribution in [0.4, 0.5) is 11.8 Å². The van der Waals surface area contributed by atoms with Gasteiger partial charge in [-0.15, -0.1) is 5.10 Å². The van der Waals surface area contributed by atoms with Crippen LogP contribution in [0, 0.1) is 0 Å². The Morgan fingerprint density at radius 3 is 2.73 bits per heavy atom. The maximum atomic E-state index is 5.77. The zero-order chi connectivity index (χ0) is 10.3. The van der Waals surface area contributed by atoms with Crippen LogP contribution in [0.1, 0.15) is 12.8 Å². The second-order valence-electron chi connectivity index (χ2n) is 3.60. The topological polar surface area (TPSA) is 96.6 Å². The lowest BCUT2D eigenvalue weighted by Gasteiger charge is -2.14. The van der Waals surface area contributed by atoms with Gasteiger partial charge in [0, 0.05) is 13.1 Å². The van der Waals surface area contributed by atoms with Crippen molar-refractivity contribution in [2.24, 2.45) is 0 Å². The number of hydrogen-bond acceptors (Lipinski definition) is 6. The van der Waals surface area contributed by atoms with Crippen molar-refractivity contribution in [1.29, 1.82) is 0 Å². The van der Waals surface area contributed by atoms with E-state index in [-0.39, 0.29) is 0 Å². The Morgan fingerprint density at radius 2 is 1.93 bits per heavy atom. The lowest BCUT2D eigenvalue weighted by Crippen LogP contribution is -2.20. The third kappa shape index (κ3) is 1.27. The Morgan fingerprint density at radius 1 is 1.13 bits per heavy atom. The predicted molar refractivity (Wildman–Crippen MR) is 55.3 cm³/mol. The fourth-order valence-corrected chi connectivity index (χ4v) is 1.81. The number of fused-ring (bicyclic) bond motifs is 1. The van der Waals surface area contributed by atoms with Crippen LogP contribution >= 0.6 is 0 Å². The summed E-state index contributed by atoms with van der Waals surface area (Å²) in [5.41, 5.74) is 6.84. The summed E-state index contributed by atoms with van der Waals surface area (Å²) in [6.45, 7) is 1.98. The van der Waals surface area contributed by atoms with Crippen LogP contribution < -0.4 is 10.6 Å². The van der Waals surface area contributed by atoms with Crippen LogP contribution in [0.3, 0.4) is 0 Å². The molecule has 1 aliphatic rings. The average Bonchev–Trinajstić information content (AvgIpc) is 2.88. The van der Waals surface area contributed by atoms with Gasteiger partial charge in [-0.05, 0) is 12.8 Å². The van der Waals surface area contributed by atoms with E-state index in [0.717, 1.165) is 13.1 Å². The Balaban J connectivity index is 2.11. The molecule has 0 spiro atoms. The van der Waals surface area contributed by atoms with Crippen molar-refractivity contribution < 1.29 is 0 Å². The highest BCUT2D eigenvalue weighted by molar-refractivity contribution is 5.81. The van der Waals surface area contributed by atoms with Crippen molar-refractivity contribution in [2.45, 2.75) is 12.8 Å². The van der Waals surface area contributed by atoms with Gasteiger partial charge in [0.25, 0.3) is 0 Å². The monoisotopic (exact) mass is 205 g/mol. The van der Waals surface area contributed by atoms with Gasteiger partial charge in [0.2, 0.25) is 11.6 Å². The van der Waals surface area contributed by atoms with Crippen molar-refractivity contribution in [3.05, 3.63) is 0 Å². The van der Waals surface area contributed by atoms with E-state index < -0.39 is 0 Å². The SMILES string of the molecule is Nc1nc(N2CCCC2)nc2n[nH]nc12. The minimum Gasteiger partial charge on any atom is -0.382 e. The number of aromatic nitrogens is 5. The Bertz CT molecular complexity index is 485. The largest absolute Gasteiger partial charge is 0.382 e. The molecule has 7 heteroatoms. The zero-order valence-electron chi connectivity index (χ0n) is 8.14. The third-order valence-electron chi connectivity index (χ3n) is 2.59. The zero-order valence-corrected chi connectivity index (χ0v) is 8.14. The maximum Gasteiger partial charge on any atom is 0.229 e. The van der Waals surface area contributed by atoms with Crippen molar-refractivity contribution in [1.82, 2.24) is 25.4 Å². The molecular weight excluding hydrogens is 194 g/mol. The smallest absolute Gasteiger partial charge is 0.229 e. The van der Waals surface area contributed by atoms with Crippen LogP contribution in [0.5, 0.6) is 0 Å². The van der Waals surface area contributed by atoms with E-state index in [1.165, 1.54) is 12.8 Å². The van der Waals surface area contributed by atoms with Gasteiger partial charge in [-0.25, -0.2) is 0 Å². The summed E-state index contributed by atoms with van der Waals surface area (Å²) in [5.74, 6) is 1.04. The van der Waals surface area contributed by atoms with Gasteiger partial charge >= 0.3 is 0 Å². The fraction of sp³-hybridized carbons (Fsp3) is 0.500. The van der Waals surface area contributed by atoms with Crippen LogP contribution in [-0.4, -0.2) is 38.5 Å². The molecule has 3 rings (SSSR count). The summed E-state index contributed by atoms with van der Waals surface area (Å²) in [7, 11) is 0. The lowest BCUT2D eigenvalue weighted by molar-refractivity contribution is 0.905. The Hall–Kier alpha value is -1.92. The van der Waals surface area contributed by atoms with Crippen LogP contribution in [0.25, 0.3) is 11.2 Å². The molecule has 0 saturated carbocycles. The van der Waals surface area contributed by atoms with Crippen molar-refractivity contribution in [3.63, 3.8) is 0 Å². The molecule has 78 valence electrons. The number of nitrogens with two attached hydrogens (primary N) is 1. The average molecular weight is 205 g/mol. The van der Waals surface area contributed by atoms with Crippen molar-refractivity contribution in [2.75, 3.05) is 23.7 Å². The first-order valence-electron chi connectivity index (χ1n) is 4.93. The van der Waals surface area contributed by atoms with Crippen LogP contribution in [0.15, 0.2) is 0 Å². The van der Waals surface area contributed by atoms with E-state index in [9.17, 15) is 0 Å². The lowest BCUT2D eigenvalue weighted by atomic mass is 10.4. The highest BCUT2D eigenvalue weighted by Crippen LogP contribution is 2.20. The van der Waals surface area contributed by atoms with E-state index in [1.54, 1.807) is 0 Å². The van der Waals surface area contributed by atoms with Gasteiger partial charge in [0.1, 0.15) is 0 Å². The van der Waals surface area contributed by atoms with Crippen molar-refractivity contribution >= 4 is 22.9 Å². The first-order chi connectivity index (χ1) is 7.34. The van der Waals surface area contributed by atoms with E-state index in [0.29, 0.717) is 22.9 Å². The van der Waals surface area contributed by atoms with Gasteiger partial charge < -0.3 is 10.6 Å². The molecule has 2 aromatic heterocycles. The first kappa shape index (κ1) is 8.39. The summed E-state index contributed by atoms with van der Waals surface area (Å²) >= 11 is 0. The predicted octanol–water partition coefficient (Wildman–Crippen LogP) is -0.0697. The summed E-state index contributed by atoms with van der Waals surface area (Å²) in [4.78, 5) is 10.6. The number of anilines is 2. The molecular formula is C8H11N7. The quantitative estimate of drug-likeness (QED) is 0.676. The number of rotatable bonds is 1. The van der Waals surface area contributed by atoms with Gasteiger partial charge in [0.15, 0.2) is 11.3 Å². The number of H-pyrrole nitrogens is 1. The first-order valence-corrected chi connectivity index (χ1v) is 4.93. The highest BCUT2D eigenvalue weighted by Gasteiger charge is 2.17. The van der Waals surface area contributed by atoms with E-state index in [1.807, 2.05) is 0 Å². The summed E-state index contributed by atoms with van der Waals surface area (Å²) in [6.07, 6.45) is 2.36. The van der Waals surface area contributed by atoms with Crippen molar-refractivity contribution in [3.8, 4) is 0 Å². The molecule has 3 heterocycles. The van der Waals surface area contributed by atoms with Gasteiger partial charge in [-0.3, -0.25) is 0 Å². The van der Waals surface area contributed by atoms with Crippen LogP contribution in [0.2, 0.25) is 0 Å². The molecule has 1 saturated heterocycles. The molecule has 0 unspecified atom stereocenters. The normalized spacial score (nSPS) is 16.4. The van der Waals surface area contributed by atoms with E-state index in [2.05, 4.69) is 30.3 Å². The molecule has 0 atom stereocenters. The Kier molecular flexibility index (Phi) is 1.70. The number of hydrogen-bond donors (Lipinski definition) is 2. The van der Waals surface area contributed by atoms with E-state index in [4.69, 9.17) is 5.73 Å². The standard InChI is InChI=1S/C8H11N7/c9-6-5-7(13-14-12-5)11-8(10-6)15-3-1-2-4-15/h1-4H2,(H3,9,10,11,12,13,14). The molecule has 7 nitrogen and oxygen atoms in total. The number of nitrogens with zero attached hydrogens (tertiary/aromatic N) is 5. The minimum atomic E-state index is 0.385. The highest BCUT2D eigenvalue weighted by atomic mass is 15.4. The summed E-state index contributed by atoms with van der Waals surface area (Å²) in [6, 6.07) is 0. The minimum absolute atomic E-state index is 0.385. The molecule has 15 heavy (non-hydrogen) atoms. The Labute approximate surface area is 85.7 Å². The maximum absolute atomic E-state index is 5.77. The molecule has 0 radical (unpaired) electrons. The summed E-state index contributed by atoms with van der Waals surface area (Å²) in [5, 5.41) is 10.3. The van der Waals surface area contributed by atoms with Gasteiger partial charge in [0.05, 0.1) is 0 Å². The number of nitrogens with one attached hydrogen (secondary N) is 1. The molecule has 0 bridgehead atoms. The molecule has 0 amide bonds. The molecule has 0 aliphatic carbocycles. The van der Waals surface area contributed by atoms with Crippen LogP contribution in [-0.2, 0) is 0 Å². The molecule has 2 aromatic rings. The fourth-order valence-electron chi connectivity index (χ4n) is 1.81. The summed E-state index contributed by atoms with van der Waals surface area (Å²) < 4.78 is 0. The third-order valence-corrected chi connectivity index (χ3v) is 2.59. The number of aromatic amines is 1. The van der Waals surface area contributed by atoms with Gasteiger partial charge in [-0.1, -0.05) is 0 Å². The number of nitrogen functional groups attached to an aromatic ring is 1. The van der Waals surface area contributed by atoms with E-state index >= 15 is 0 Å². The molecule has 1 aliphatic heterocycles. The molecule has 0 aromatic carbocycles. The second kappa shape index (κ2) is 3.04. The molecule has 1 fully saturated rings.